The molecule has 3 rings (SSSR count). The fourth-order valence-electron chi connectivity index (χ4n) is 3.74. The highest BCUT2D eigenvalue weighted by atomic mass is 35.5. The molecular formula is C26H34ClN3O4. The first-order valence-corrected chi connectivity index (χ1v) is 12.0. The zero-order valence-corrected chi connectivity index (χ0v) is 21.1. The van der Waals surface area contributed by atoms with Gasteiger partial charge in [0.1, 0.15) is 11.5 Å². The van der Waals surface area contributed by atoms with Crippen LogP contribution in [0.2, 0.25) is 5.02 Å². The topological polar surface area (TPSA) is 69.0 Å². The summed E-state index contributed by atoms with van der Waals surface area (Å²) in [5, 5.41) is 15.9. The summed E-state index contributed by atoms with van der Waals surface area (Å²) in [6, 6.07) is 15.0. The van der Waals surface area contributed by atoms with Gasteiger partial charge in [-0.1, -0.05) is 24.6 Å². The largest absolute Gasteiger partial charge is 0.497 e. The lowest BCUT2D eigenvalue weighted by molar-refractivity contribution is 0.0195. The molecule has 1 atom stereocenters. The van der Waals surface area contributed by atoms with Gasteiger partial charge < -0.3 is 19.3 Å². The summed E-state index contributed by atoms with van der Waals surface area (Å²) in [6.07, 6.45) is 0.387. The Morgan fingerprint density at radius 3 is 2.50 bits per heavy atom. The summed E-state index contributed by atoms with van der Waals surface area (Å²) in [5.41, 5.74) is 2.61. The maximum Gasteiger partial charge on any atom is 0.227 e. The molecule has 0 saturated heterocycles. The molecule has 0 unspecified atom stereocenters. The Hall–Kier alpha value is -2.58. The van der Waals surface area contributed by atoms with Crippen LogP contribution in [0.5, 0.6) is 17.4 Å². The molecule has 3 aromatic rings. The molecule has 34 heavy (non-hydrogen) atoms. The first-order chi connectivity index (χ1) is 16.4. The first-order valence-electron chi connectivity index (χ1n) is 11.6. The van der Waals surface area contributed by atoms with Gasteiger partial charge in [0.25, 0.3) is 0 Å². The average Bonchev–Trinajstić information content (AvgIpc) is 3.13. The van der Waals surface area contributed by atoms with E-state index in [1.807, 2.05) is 62.4 Å². The molecule has 0 amide bonds. The number of methoxy groups -OCH3 is 1. The van der Waals surface area contributed by atoms with Crippen molar-refractivity contribution in [3.8, 4) is 23.1 Å². The van der Waals surface area contributed by atoms with E-state index in [-0.39, 0.29) is 0 Å². The van der Waals surface area contributed by atoms with Crippen molar-refractivity contribution >= 4 is 11.6 Å². The van der Waals surface area contributed by atoms with Gasteiger partial charge in [-0.15, -0.1) is 0 Å². The van der Waals surface area contributed by atoms with Crippen LogP contribution >= 0.6 is 11.6 Å². The fourth-order valence-corrected chi connectivity index (χ4v) is 3.93. The maximum atomic E-state index is 10.4. The van der Waals surface area contributed by atoms with Crippen molar-refractivity contribution < 1.29 is 19.3 Å². The molecule has 0 aliphatic heterocycles. The van der Waals surface area contributed by atoms with Gasteiger partial charge >= 0.3 is 0 Å². The highest BCUT2D eigenvalue weighted by Gasteiger charge is 2.22. The number of rotatable bonds is 13. The van der Waals surface area contributed by atoms with Crippen LogP contribution in [0, 0.1) is 6.92 Å². The van der Waals surface area contributed by atoms with Crippen LogP contribution in [0.25, 0.3) is 5.69 Å². The molecule has 0 bridgehead atoms. The van der Waals surface area contributed by atoms with Crippen molar-refractivity contribution in [3.05, 3.63) is 64.8 Å². The molecule has 184 valence electrons. The van der Waals surface area contributed by atoms with Crippen molar-refractivity contribution in [1.29, 1.82) is 0 Å². The fraction of sp³-hybridized carbons (Fsp3) is 0.423. The van der Waals surface area contributed by atoms with Gasteiger partial charge in [0.2, 0.25) is 5.88 Å². The second-order valence-electron chi connectivity index (χ2n) is 8.09. The van der Waals surface area contributed by atoms with E-state index < -0.39 is 6.10 Å². The van der Waals surface area contributed by atoms with Crippen LogP contribution < -0.4 is 9.47 Å². The highest BCUT2D eigenvalue weighted by molar-refractivity contribution is 6.30. The standard InChI is InChI=1S/C26H34ClN3O4/c1-5-14-29(16-22(31)18-33-6-2)17-25-19(3)28-30(21-9-7-8-20(27)15-21)26(25)34-24-12-10-23(32-4)11-13-24/h7-13,15,22,31H,5-6,14,16-18H2,1-4H3/t22-/m1/s1. The number of hydrogen-bond acceptors (Lipinski definition) is 6. The summed E-state index contributed by atoms with van der Waals surface area (Å²) >= 11 is 6.27. The van der Waals surface area contributed by atoms with Crippen molar-refractivity contribution in [1.82, 2.24) is 14.7 Å². The Labute approximate surface area is 206 Å². The lowest BCUT2D eigenvalue weighted by Crippen LogP contribution is -2.35. The third kappa shape index (κ3) is 6.96. The van der Waals surface area contributed by atoms with Gasteiger partial charge in [0.15, 0.2) is 0 Å². The van der Waals surface area contributed by atoms with E-state index >= 15 is 0 Å². The predicted octanol–water partition coefficient (Wildman–Crippen LogP) is 5.24. The van der Waals surface area contributed by atoms with Crippen LogP contribution in [0.15, 0.2) is 48.5 Å². The number of aromatic nitrogens is 2. The Morgan fingerprint density at radius 2 is 1.85 bits per heavy atom. The van der Waals surface area contributed by atoms with Crippen LogP contribution in [-0.2, 0) is 11.3 Å². The lowest BCUT2D eigenvalue weighted by atomic mass is 10.2. The van der Waals surface area contributed by atoms with E-state index in [1.54, 1.807) is 11.8 Å². The van der Waals surface area contributed by atoms with Gasteiger partial charge in [0.05, 0.1) is 36.8 Å². The Morgan fingerprint density at radius 1 is 1.12 bits per heavy atom. The molecule has 1 heterocycles. The van der Waals surface area contributed by atoms with Crippen molar-refractivity contribution in [2.45, 2.75) is 39.8 Å². The summed E-state index contributed by atoms with van der Waals surface area (Å²) in [6.45, 7) is 8.81. The second-order valence-corrected chi connectivity index (χ2v) is 8.52. The molecule has 2 aromatic carbocycles. The minimum absolute atomic E-state index is 0.312. The van der Waals surface area contributed by atoms with Crippen molar-refractivity contribution in [2.75, 3.05) is 33.4 Å². The number of aryl methyl sites for hydroxylation is 1. The van der Waals surface area contributed by atoms with E-state index in [1.165, 1.54) is 0 Å². The SMILES string of the molecule is CCCN(Cc1c(C)nn(-c2cccc(Cl)c2)c1Oc1ccc(OC)cc1)C[C@@H](O)COCC. The van der Waals surface area contributed by atoms with Crippen LogP contribution in [0.1, 0.15) is 31.5 Å². The number of ether oxygens (including phenoxy) is 3. The molecule has 0 radical (unpaired) electrons. The zero-order chi connectivity index (χ0) is 24.5. The zero-order valence-electron chi connectivity index (χ0n) is 20.3. The smallest absolute Gasteiger partial charge is 0.227 e. The molecule has 0 saturated carbocycles. The molecule has 0 spiro atoms. The van der Waals surface area contributed by atoms with Gasteiger partial charge in [0, 0.05) is 24.7 Å². The van der Waals surface area contributed by atoms with E-state index in [4.69, 9.17) is 30.9 Å². The van der Waals surface area contributed by atoms with E-state index in [9.17, 15) is 5.11 Å². The summed E-state index contributed by atoms with van der Waals surface area (Å²) in [7, 11) is 1.63. The van der Waals surface area contributed by atoms with Crippen molar-refractivity contribution in [3.63, 3.8) is 0 Å². The molecule has 0 aliphatic carbocycles. The minimum Gasteiger partial charge on any atom is -0.497 e. The summed E-state index contributed by atoms with van der Waals surface area (Å²) in [4.78, 5) is 2.21. The maximum absolute atomic E-state index is 10.4. The van der Waals surface area contributed by atoms with Gasteiger partial charge in [-0.3, -0.25) is 4.90 Å². The second kappa shape index (κ2) is 12.8. The Kier molecular flexibility index (Phi) is 9.77. The molecular weight excluding hydrogens is 454 g/mol. The van der Waals surface area contributed by atoms with Crippen LogP contribution in [-0.4, -0.2) is 59.3 Å². The molecule has 0 fully saturated rings. The minimum atomic E-state index is -0.569. The van der Waals surface area contributed by atoms with Crippen LogP contribution in [0.3, 0.4) is 0 Å². The van der Waals surface area contributed by atoms with Gasteiger partial charge in [-0.05, 0) is 69.3 Å². The van der Waals surface area contributed by atoms with Crippen LogP contribution in [0.4, 0.5) is 0 Å². The molecule has 8 heteroatoms. The third-order valence-corrected chi connectivity index (χ3v) is 5.60. The quantitative estimate of drug-likeness (QED) is 0.355. The number of benzene rings is 2. The van der Waals surface area contributed by atoms with Gasteiger partial charge in [-0.25, -0.2) is 4.68 Å². The monoisotopic (exact) mass is 487 g/mol. The average molecular weight is 488 g/mol. The number of aliphatic hydroxyl groups is 1. The number of aliphatic hydroxyl groups excluding tert-OH is 1. The first kappa shape index (κ1) is 26.0. The summed E-state index contributed by atoms with van der Waals surface area (Å²) in [5.74, 6) is 2.04. The normalized spacial score (nSPS) is 12.2. The third-order valence-electron chi connectivity index (χ3n) is 5.37. The van der Waals surface area contributed by atoms with E-state index in [2.05, 4.69) is 11.8 Å². The van der Waals surface area contributed by atoms with Gasteiger partial charge in [-0.2, -0.15) is 5.10 Å². The van der Waals surface area contributed by atoms with E-state index in [0.717, 1.165) is 35.7 Å². The number of nitrogens with zero attached hydrogens (tertiary/aromatic N) is 3. The summed E-state index contributed by atoms with van der Waals surface area (Å²) < 4.78 is 18.8. The predicted molar refractivity (Wildman–Crippen MR) is 134 cm³/mol. The number of hydrogen-bond donors (Lipinski definition) is 1. The Balaban J connectivity index is 1.97. The van der Waals surface area contributed by atoms with E-state index in [0.29, 0.717) is 43.0 Å². The lowest BCUT2D eigenvalue weighted by Gasteiger charge is -2.25. The molecule has 1 aromatic heterocycles. The highest BCUT2D eigenvalue weighted by Crippen LogP contribution is 2.33. The molecule has 0 aliphatic rings. The molecule has 1 N–H and O–H groups in total. The Bertz CT molecular complexity index is 1040. The van der Waals surface area contributed by atoms with Crippen molar-refractivity contribution in [2.24, 2.45) is 0 Å². The number of halogens is 1. The molecule has 7 nitrogen and oxygen atoms in total.